The molecule has 7 heteroatoms. The molecule has 1 atom stereocenters. The molecule has 2 aliphatic rings. The molecular weight excluding hydrogens is 378 g/mol. The van der Waals surface area contributed by atoms with E-state index in [0.29, 0.717) is 12.2 Å². The Morgan fingerprint density at radius 1 is 1.30 bits per heavy atom. The van der Waals surface area contributed by atoms with Crippen molar-refractivity contribution in [3.63, 3.8) is 0 Å². The van der Waals surface area contributed by atoms with Gasteiger partial charge in [0, 0.05) is 30.1 Å². The number of aliphatic imine (C=N–C) groups is 1. The molecule has 1 amide bonds. The first-order valence-corrected chi connectivity index (χ1v) is 10.5. The standard InChI is InChI=1S/C23H29N5O2/c1-22(2,3)30-21(29)28-11-8-17(12-23(28)9-10-23)25-14-16(13-24)20-15-26-18-6-4-5-7-19(18)27-20/h4-7,13-15,17H,8-12,24H2,1-3H3. The summed E-state index contributed by atoms with van der Waals surface area (Å²) in [6.07, 6.45) is 8.50. The molecule has 0 radical (unpaired) electrons. The molecule has 2 fully saturated rings. The number of allylic oxidation sites excluding steroid dienone is 1. The minimum absolute atomic E-state index is 0.0993. The van der Waals surface area contributed by atoms with Crippen molar-refractivity contribution in [2.24, 2.45) is 10.7 Å². The van der Waals surface area contributed by atoms with Crippen molar-refractivity contribution in [3.05, 3.63) is 42.4 Å². The highest BCUT2D eigenvalue weighted by atomic mass is 16.6. The molecule has 1 aromatic heterocycles. The Morgan fingerprint density at radius 2 is 2.03 bits per heavy atom. The predicted molar refractivity (Wildman–Crippen MR) is 118 cm³/mol. The van der Waals surface area contributed by atoms with E-state index in [1.165, 1.54) is 6.20 Å². The molecule has 1 aliphatic heterocycles. The van der Waals surface area contributed by atoms with Gasteiger partial charge in [-0.2, -0.15) is 0 Å². The third-order valence-corrected chi connectivity index (χ3v) is 5.66. The highest BCUT2D eigenvalue weighted by molar-refractivity contribution is 6.09. The summed E-state index contributed by atoms with van der Waals surface area (Å²) in [5, 5.41) is 0. The second-order valence-corrected chi connectivity index (χ2v) is 9.15. The number of hydrogen-bond donors (Lipinski definition) is 1. The number of fused-ring (bicyclic) bond motifs is 1. The van der Waals surface area contributed by atoms with Gasteiger partial charge in [-0.3, -0.25) is 9.98 Å². The van der Waals surface area contributed by atoms with E-state index in [9.17, 15) is 4.79 Å². The molecule has 2 aromatic rings. The van der Waals surface area contributed by atoms with Crippen LogP contribution >= 0.6 is 0 Å². The number of amides is 1. The molecule has 1 spiro atoms. The number of ether oxygens (including phenoxy) is 1. The highest BCUT2D eigenvalue weighted by Crippen LogP contribution is 2.49. The van der Waals surface area contributed by atoms with Gasteiger partial charge in [0.15, 0.2) is 0 Å². The molecule has 7 nitrogen and oxygen atoms in total. The number of nitrogens with two attached hydrogens (primary N) is 1. The summed E-state index contributed by atoms with van der Waals surface area (Å²) in [5.74, 6) is 0. The number of benzene rings is 1. The van der Waals surface area contributed by atoms with Crippen LogP contribution in [0.15, 0.2) is 41.7 Å². The minimum atomic E-state index is -0.482. The molecule has 0 bridgehead atoms. The lowest BCUT2D eigenvalue weighted by Gasteiger charge is -2.39. The van der Waals surface area contributed by atoms with E-state index in [-0.39, 0.29) is 17.7 Å². The van der Waals surface area contributed by atoms with Gasteiger partial charge in [0.1, 0.15) is 5.60 Å². The summed E-state index contributed by atoms with van der Waals surface area (Å²) in [6, 6.07) is 7.89. The SMILES string of the molecule is CC(C)(C)OC(=O)N1CCC(N=CC(=CN)c2cnc3ccccc3n2)CC12CC2. The number of nitrogens with zero attached hydrogens (tertiary/aromatic N) is 4. The summed E-state index contributed by atoms with van der Waals surface area (Å²) >= 11 is 0. The van der Waals surface area contributed by atoms with Crippen LogP contribution in [0.25, 0.3) is 16.6 Å². The average Bonchev–Trinajstić information content (AvgIpc) is 3.46. The first-order valence-electron chi connectivity index (χ1n) is 10.5. The van der Waals surface area contributed by atoms with Crippen molar-refractivity contribution in [3.8, 4) is 0 Å². The van der Waals surface area contributed by atoms with Crippen LogP contribution in [-0.4, -0.2) is 50.9 Å². The molecule has 2 heterocycles. The van der Waals surface area contributed by atoms with Gasteiger partial charge in [-0.1, -0.05) is 12.1 Å². The van der Waals surface area contributed by atoms with Crippen LogP contribution in [0.3, 0.4) is 0 Å². The normalized spacial score (nSPS) is 21.4. The van der Waals surface area contributed by atoms with Crippen LogP contribution in [-0.2, 0) is 4.74 Å². The Morgan fingerprint density at radius 3 is 2.70 bits per heavy atom. The maximum absolute atomic E-state index is 12.6. The zero-order valence-electron chi connectivity index (χ0n) is 17.8. The Balaban J connectivity index is 1.45. The number of rotatable bonds is 3. The summed E-state index contributed by atoms with van der Waals surface area (Å²) in [5.41, 5.74) is 8.39. The highest BCUT2D eigenvalue weighted by Gasteiger charge is 2.54. The number of likely N-dealkylation sites (tertiary alicyclic amines) is 1. The summed E-state index contributed by atoms with van der Waals surface area (Å²) in [7, 11) is 0. The first-order chi connectivity index (χ1) is 14.3. The number of carbonyl (C=O) groups is 1. The molecule has 30 heavy (non-hydrogen) atoms. The van der Waals surface area contributed by atoms with Gasteiger partial charge in [0.25, 0.3) is 0 Å². The van der Waals surface area contributed by atoms with Gasteiger partial charge >= 0.3 is 6.09 Å². The zero-order chi connectivity index (χ0) is 21.4. The van der Waals surface area contributed by atoms with Gasteiger partial charge in [-0.15, -0.1) is 0 Å². The van der Waals surface area contributed by atoms with Crippen molar-refractivity contribution >= 4 is 28.9 Å². The van der Waals surface area contributed by atoms with Crippen molar-refractivity contribution in [1.82, 2.24) is 14.9 Å². The number of para-hydroxylation sites is 2. The first kappa shape index (κ1) is 20.3. The van der Waals surface area contributed by atoms with E-state index in [0.717, 1.165) is 42.3 Å². The maximum Gasteiger partial charge on any atom is 0.410 e. The molecule has 2 N–H and O–H groups in total. The monoisotopic (exact) mass is 407 g/mol. The second-order valence-electron chi connectivity index (χ2n) is 9.15. The maximum atomic E-state index is 12.6. The number of hydrogen-bond acceptors (Lipinski definition) is 6. The van der Waals surface area contributed by atoms with Crippen LogP contribution in [0.1, 0.15) is 52.1 Å². The van der Waals surface area contributed by atoms with Crippen LogP contribution in [0.2, 0.25) is 0 Å². The fourth-order valence-electron chi connectivity index (χ4n) is 3.99. The smallest absolute Gasteiger partial charge is 0.410 e. The van der Waals surface area contributed by atoms with Gasteiger partial charge < -0.3 is 15.4 Å². The third kappa shape index (κ3) is 4.30. The molecule has 1 aliphatic carbocycles. The van der Waals surface area contributed by atoms with E-state index in [1.807, 2.05) is 49.9 Å². The summed E-state index contributed by atoms with van der Waals surface area (Å²) < 4.78 is 5.60. The van der Waals surface area contributed by atoms with Gasteiger partial charge in [0.2, 0.25) is 0 Å². The van der Waals surface area contributed by atoms with Crippen LogP contribution in [0.5, 0.6) is 0 Å². The Labute approximate surface area is 177 Å². The van der Waals surface area contributed by atoms with Gasteiger partial charge in [0.05, 0.1) is 29.0 Å². The molecular formula is C23H29N5O2. The largest absolute Gasteiger partial charge is 0.444 e. The summed E-state index contributed by atoms with van der Waals surface area (Å²) in [6.45, 7) is 6.36. The summed E-state index contributed by atoms with van der Waals surface area (Å²) in [4.78, 5) is 28.4. The Kier molecular flexibility index (Phi) is 5.22. The van der Waals surface area contributed by atoms with Gasteiger partial charge in [-0.25, -0.2) is 9.78 Å². The van der Waals surface area contributed by atoms with E-state index in [2.05, 4.69) is 9.97 Å². The molecule has 1 aromatic carbocycles. The molecule has 4 rings (SSSR count). The second kappa shape index (κ2) is 7.70. The molecule has 1 unspecified atom stereocenters. The lowest BCUT2D eigenvalue weighted by Crippen LogP contribution is -2.50. The van der Waals surface area contributed by atoms with Crippen molar-refractivity contribution in [2.45, 2.75) is 63.6 Å². The van der Waals surface area contributed by atoms with Gasteiger partial charge in [-0.05, 0) is 58.6 Å². The van der Waals surface area contributed by atoms with Crippen LogP contribution in [0, 0.1) is 0 Å². The van der Waals surface area contributed by atoms with Crippen molar-refractivity contribution < 1.29 is 9.53 Å². The van der Waals surface area contributed by atoms with E-state index in [4.69, 9.17) is 15.5 Å². The van der Waals surface area contributed by atoms with E-state index < -0.39 is 5.60 Å². The van der Waals surface area contributed by atoms with E-state index >= 15 is 0 Å². The number of carbonyl (C=O) groups excluding carboxylic acids is 1. The van der Waals surface area contributed by atoms with Crippen molar-refractivity contribution in [2.75, 3.05) is 6.54 Å². The number of aromatic nitrogens is 2. The van der Waals surface area contributed by atoms with Crippen LogP contribution < -0.4 is 5.73 Å². The average molecular weight is 408 g/mol. The van der Waals surface area contributed by atoms with E-state index in [1.54, 1.807) is 12.4 Å². The predicted octanol–water partition coefficient (Wildman–Crippen LogP) is 3.93. The lowest BCUT2D eigenvalue weighted by molar-refractivity contribution is 0.00420. The quantitative estimate of drug-likeness (QED) is 0.778. The number of piperidine rings is 1. The van der Waals surface area contributed by atoms with Crippen LogP contribution in [0.4, 0.5) is 4.79 Å². The topological polar surface area (TPSA) is 93.7 Å². The zero-order valence-corrected chi connectivity index (χ0v) is 17.8. The third-order valence-electron chi connectivity index (χ3n) is 5.66. The fraction of sp³-hybridized carbons (Fsp3) is 0.478. The molecule has 1 saturated carbocycles. The Hall–Kier alpha value is -2.96. The van der Waals surface area contributed by atoms with Crippen molar-refractivity contribution in [1.29, 1.82) is 0 Å². The molecule has 1 saturated heterocycles. The Bertz CT molecular complexity index is 1000. The molecule has 158 valence electrons. The lowest BCUT2D eigenvalue weighted by atomic mass is 9.95. The minimum Gasteiger partial charge on any atom is -0.444 e. The fourth-order valence-corrected chi connectivity index (χ4v) is 3.99.